The van der Waals surface area contributed by atoms with Crippen LogP contribution in [0.4, 0.5) is 4.79 Å². The van der Waals surface area contributed by atoms with Crippen molar-refractivity contribution in [1.82, 2.24) is 14.9 Å². The molecule has 6 heteroatoms. The third kappa shape index (κ3) is 3.06. The number of benzene rings is 2. The minimum absolute atomic E-state index is 0.273. The summed E-state index contributed by atoms with van der Waals surface area (Å²) in [7, 11) is 0. The third-order valence-corrected chi connectivity index (χ3v) is 6.03. The second-order valence-corrected chi connectivity index (χ2v) is 7.63. The largest absolute Gasteiger partial charge is 0.365 e. The molecule has 5 rings (SSSR count). The number of rotatable bonds is 2. The second kappa shape index (κ2) is 6.97. The fourth-order valence-electron chi connectivity index (χ4n) is 4.54. The molecule has 0 bridgehead atoms. The van der Waals surface area contributed by atoms with E-state index in [0.29, 0.717) is 19.6 Å². The van der Waals surface area contributed by atoms with E-state index in [2.05, 4.69) is 22.1 Å². The Morgan fingerprint density at radius 1 is 1.07 bits per heavy atom. The van der Waals surface area contributed by atoms with Crippen molar-refractivity contribution >= 4 is 6.03 Å². The van der Waals surface area contributed by atoms with Gasteiger partial charge in [-0.1, -0.05) is 54.6 Å². The normalized spacial score (nSPS) is 23.2. The predicted octanol–water partition coefficient (Wildman–Crippen LogP) is 3.78. The summed E-state index contributed by atoms with van der Waals surface area (Å²) in [6.45, 7) is 1.12. The number of aromatic nitrogens is 2. The molecule has 2 aliphatic heterocycles. The van der Waals surface area contributed by atoms with E-state index in [0.717, 1.165) is 23.4 Å². The highest BCUT2D eigenvalue weighted by Gasteiger charge is 2.47. The molecule has 1 fully saturated rings. The van der Waals surface area contributed by atoms with Crippen LogP contribution in [0.15, 0.2) is 67.0 Å². The van der Waals surface area contributed by atoms with Gasteiger partial charge in [0.1, 0.15) is 0 Å². The maximum absolute atomic E-state index is 12.1. The molecule has 2 unspecified atom stereocenters. The van der Waals surface area contributed by atoms with E-state index in [4.69, 9.17) is 10.5 Å². The number of carbonyl (C=O) groups is 1. The van der Waals surface area contributed by atoms with Gasteiger partial charge in [0, 0.05) is 18.5 Å². The Hall–Kier alpha value is -3.25. The van der Waals surface area contributed by atoms with Gasteiger partial charge in [0.15, 0.2) is 0 Å². The quantitative estimate of drug-likeness (QED) is 0.727. The number of primary amides is 1. The fourth-order valence-corrected chi connectivity index (χ4v) is 4.54. The van der Waals surface area contributed by atoms with Crippen LogP contribution in [0, 0.1) is 0 Å². The number of urea groups is 1. The number of nitrogens with two attached hydrogens (primary N) is 1. The van der Waals surface area contributed by atoms with Crippen molar-refractivity contribution in [2.75, 3.05) is 6.54 Å². The van der Waals surface area contributed by atoms with E-state index >= 15 is 0 Å². The molecule has 2 aromatic carbocycles. The van der Waals surface area contributed by atoms with Gasteiger partial charge in [-0.15, -0.1) is 0 Å². The Bertz CT molecular complexity index is 1040. The van der Waals surface area contributed by atoms with Crippen molar-refractivity contribution in [2.45, 2.75) is 31.1 Å². The molecule has 2 aliphatic rings. The Balaban J connectivity index is 1.49. The maximum Gasteiger partial charge on any atom is 0.315 e. The molecule has 1 spiro atoms. The molecule has 2 amide bonds. The van der Waals surface area contributed by atoms with Crippen LogP contribution in [0.1, 0.15) is 35.7 Å². The monoisotopic (exact) mass is 386 g/mol. The van der Waals surface area contributed by atoms with Crippen molar-refractivity contribution in [3.05, 3.63) is 83.8 Å². The first kappa shape index (κ1) is 17.8. The van der Waals surface area contributed by atoms with Crippen molar-refractivity contribution in [1.29, 1.82) is 0 Å². The van der Waals surface area contributed by atoms with Gasteiger partial charge in [-0.3, -0.25) is 9.97 Å². The summed E-state index contributed by atoms with van der Waals surface area (Å²) < 4.78 is 6.30. The molecule has 0 radical (unpaired) electrons. The van der Waals surface area contributed by atoms with Gasteiger partial charge in [-0.05, 0) is 17.5 Å². The van der Waals surface area contributed by atoms with Gasteiger partial charge < -0.3 is 15.4 Å². The molecule has 1 saturated heterocycles. The van der Waals surface area contributed by atoms with Crippen LogP contribution in [0.25, 0.3) is 11.3 Å². The molecular weight excluding hydrogens is 364 g/mol. The van der Waals surface area contributed by atoms with Gasteiger partial charge >= 0.3 is 6.03 Å². The average molecular weight is 386 g/mol. The van der Waals surface area contributed by atoms with E-state index in [1.54, 1.807) is 17.3 Å². The van der Waals surface area contributed by atoms with Crippen LogP contribution in [-0.4, -0.2) is 27.4 Å². The van der Waals surface area contributed by atoms with Gasteiger partial charge in [0.2, 0.25) is 0 Å². The van der Waals surface area contributed by atoms with Crippen LogP contribution in [0.5, 0.6) is 0 Å². The maximum atomic E-state index is 12.1. The average Bonchev–Trinajstić information content (AvgIpc) is 3.12. The number of hydrogen-bond donors (Lipinski definition) is 1. The zero-order valence-electron chi connectivity index (χ0n) is 16.0. The van der Waals surface area contributed by atoms with Gasteiger partial charge in [0.05, 0.1) is 42.0 Å². The summed E-state index contributed by atoms with van der Waals surface area (Å²) in [6, 6.07) is 17.5. The first-order valence-corrected chi connectivity index (χ1v) is 9.82. The molecule has 6 nitrogen and oxygen atoms in total. The molecule has 29 heavy (non-hydrogen) atoms. The molecular formula is C23H22N4O2. The number of ether oxygens (including phenoxy) is 1. The van der Waals surface area contributed by atoms with Crippen LogP contribution in [0.3, 0.4) is 0 Å². The smallest absolute Gasteiger partial charge is 0.315 e. The highest BCUT2D eigenvalue weighted by molar-refractivity contribution is 5.73. The summed E-state index contributed by atoms with van der Waals surface area (Å²) in [4.78, 5) is 23.1. The predicted molar refractivity (Wildman–Crippen MR) is 109 cm³/mol. The Morgan fingerprint density at radius 3 is 2.62 bits per heavy atom. The van der Waals surface area contributed by atoms with E-state index in [9.17, 15) is 4.79 Å². The number of amides is 2. The molecule has 2 N–H and O–H groups in total. The summed E-state index contributed by atoms with van der Waals surface area (Å²) in [5.74, 6) is 0. The number of nitrogens with zero attached hydrogens (tertiary/aromatic N) is 3. The van der Waals surface area contributed by atoms with E-state index in [1.807, 2.05) is 42.5 Å². The Labute approximate surface area is 169 Å². The minimum atomic E-state index is -0.440. The van der Waals surface area contributed by atoms with Gasteiger partial charge in [-0.25, -0.2) is 4.79 Å². The lowest BCUT2D eigenvalue weighted by molar-refractivity contribution is -0.0890. The number of fused-ring (bicyclic) bond motifs is 2. The number of likely N-dealkylation sites (tertiary alicyclic amines) is 1. The zero-order valence-corrected chi connectivity index (χ0v) is 16.0. The lowest BCUT2D eigenvalue weighted by Crippen LogP contribution is -2.49. The summed E-state index contributed by atoms with van der Waals surface area (Å²) in [5.41, 5.74) is 10.2. The van der Waals surface area contributed by atoms with Crippen molar-refractivity contribution < 1.29 is 9.53 Å². The summed E-state index contributed by atoms with van der Waals surface area (Å²) in [5, 5.41) is 0. The standard InChI is InChI=1S/C23H22N4O2/c24-22(28)27-11-10-23(18-9-5-4-8-17(18)15-29-23)12-21(27)20-14-25-19(13-26-20)16-6-2-1-3-7-16/h1-9,13-14,21H,10-12,15H2,(H2,24,28). The Kier molecular flexibility index (Phi) is 4.28. The first-order chi connectivity index (χ1) is 14.2. The fraction of sp³-hybridized carbons (Fsp3) is 0.261. The second-order valence-electron chi connectivity index (χ2n) is 7.63. The van der Waals surface area contributed by atoms with E-state index < -0.39 is 11.6 Å². The van der Waals surface area contributed by atoms with Crippen LogP contribution >= 0.6 is 0 Å². The highest BCUT2D eigenvalue weighted by atomic mass is 16.5. The van der Waals surface area contributed by atoms with Crippen molar-refractivity contribution in [3.8, 4) is 11.3 Å². The molecule has 146 valence electrons. The lowest BCUT2D eigenvalue weighted by atomic mass is 9.79. The van der Waals surface area contributed by atoms with Crippen molar-refractivity contribution in [3.63, 3.8) is 0 Å². The molecule has 2 atom stereocenters. The van der Waals surface area contributed by atoms with Crippen LogP contribution < -0.4 is 5.73 Å². The van der Waals surface area contributed by atoms with Crippen molar-refractivity contribution in [2.24, 2.45) is 5.73 Å². The summed E-state index contributed by atoms with van der Waals surface area (Å²) >= 11 is 0. The van der Waals surface area contributed by atoms with Crippen LogP contribution in [0.2, 0.25) is 0 Å². The van der Waals surface area contributed by atoms with Crippen LogP contribution in [-0.2, 0) is 16.9 Å². The third-order valence-electron chi connectivity index (χ3n) is 6.03. The number of carbonyl (C=O) groups excluding carboxylic acids is 1. The Morgan fingerprint density at radius 2 is 1.86 bits per heavy atom. The van der Waals surface area contributed by atoms with E-state index in [-0.39, 0.29) is 6.04 Å². The molecule has 3 heterocycles. The SMILES string of the molecule is NC(=O)N1CCC2(CC1c1cnc(-c3ccccc3)cn1)OCc1ccccc12. The summed E-state index contributed by atoms with van der Waals surface area (Å²) in [6.07, 6.45) is 4.85. The van der Waals surface area contributed by atoms with Gasteiger partial charge in [-0.2, -0.15) is 0 Å². The minimum Gasteiger partial charge on any atom is -0.365 e. The molecule has 3 aromatic rings. The lowest BCUT2D eigenvalue weighted by Gasteiger charge is -2.43. The molecule has 0 aliphatic carbocycles. The number of piperidine rings is 1. The zero-order chi connectivity index (χ0) is 19.8. The topological polar surface area (TPSA) is 81.3 Å². The molecule has 1 aromatic heterocycles. The van der Waals surface area contributed by atoms with E-state index in [1.165, 1.54) is 11.1 Å². The molecule has 0 saturated carbocycles. The van der Waals surface area contributed by atoms with Gasteiger partial charge in [0.25, 0.3) is 0 Å². The number of hydrogen-bond acceptors (Lipinski definition) is 4. The highest BCUT2D eigenvalue weighted by Crippen LogP contribution is 2.49. The first-order valence-electron chi connectivity index (χ1n) is 9.82.